The molecule has 4 nitrogen and oxygen atoms in total. The first-order valence-electron chi connectivity index (χ1n) is 6.86. The highest BCUT2D eigenvalue weighted by Crippen LogP contribution is 2.17. The Hall–Kier alpha value is -1.89. The number of nitrogens with one attached hydrogen (secondary N) is 1. The zero-order valence-corrected chi connectivity index (χ0v) is 14.5. The second-order valence-electron chi connectivity index (χ2n) is 4.74. The van der Waals surface area contributed by atoms with E-state index in [2.05, 4.69) is 27.9 Å². The van der Waals surface area contributed by atoms with Gasteiger partial charge in [0.1, 0.15) is 0 Å². The molecule has 2 aromatic rings. The molecule has 0 aliphatic carbocycles. The third kappa shape index (κ3) is 4.07. The molecule has 0 saturated heterocycles. The predicted molar refractivity (Wildman–Crippen MR) is 94.2 cm³/mol. The third-order valence-corrected chi connectivity index (χ3v) is 3.89. The van der Waals surface area contributed by atoms with Gasteiger partial charge in [0.25, 0.3) is 5.91 Å². The lowest BCUT2D eigenvalue weighted by Gasteiger charge is -2.09. The smallest absolute Gasteiger partial charge is 0.338 e. The highest BCUT2D eigenvalue weighted by molar-refractivity contribution is 14.1. The molecule has 0 fully saturated rings. The van der Waals surface area contributed by atoms with Crippen LogP contribution in [0.25, 0.3) is 0 Å². The first-order valence-corrected chi connectivity index (χ1v) is 7.94. The number of benzene rings is 2. The number of esters is 1. The first-order chi connectivity index (χ1) is 10.5. The minimum Gasteiger partial charge on any atom is -0.462 e. The lowest BCUT2D eigenvalue weighted by molar-refractivity contribution is 0.0526. The summed E-state index contributed by atoms with van der Waals surface area (Å²) in [5.41, 5.74) is 2.68. The van der Waals surface area contributed by atoms with Gasteiger partial charge in [0.15, 0.2) is 0 Å². The monoisotopic (exact) mass is 409 g/mol. The molecule has 0 radical (unpaired) electrons. The molecule has 22 heavy (non-hydrogen) atoms. The lowest BCUT2D eigenvalue weighted by atomic mass is 10.1. The van der Waals surface area contributed by atoms with E-state index in [1.165, 1.54) is 0 Å². The molecule has 0 aliphatic heterocycles. The molecule has 0 heterocycles. The van der Waals surface area contributed by atoms with Gasteiger partial charge in [0, 0.05) is 9.26 Å². The van der Waals surface area contributed by atoms with Gasteiger partial charge in [0.05, 0.1) is 17.7 Å². The van der Waals surface area contributed by atoms with Crippen LogP contribution in [0, 0.1) is 10.5 Å². The van der Waals surface area contributed by atoms with E-state index in [4.69, 9.17) is 4.74 Å². The van der Waals surface area contributed by atoms with Crippen molar-refractivity contribution in [2.45, 2.75) is 13.8 Å². The summed E-state index contributed by atoms with van der Waals surface area (Å²) >= 11 is 2.14. The molecule has 0 atom stereocenters. The Morgan fingerprint density at radius 3 is 2.64 bits per heavy atom. The number of anilines is 1. The van der Waals surface area contributed by atoms with Crippen LogP contribution in [0.4, 0.5) is 5.69 Å². The number of carbonyl (C=O) groups excluding carboxylic acids is 2. The fourth-order valence-corrected chi connectivity index (χ4v) is 2.86. The van der Waals surface area contributed by atoms with E-state index < -0.39 is 5.97 Å². The summed E-state index contributed by atoms with van der Waals surface area (Å²) < 4.78 is 5.84. The molecule has 5 heteroatoms. The molecule has 2 rings (SSSR count). The maximum Gasteiger partial charge on any atom is 0.338 e. The molecular weight excluding hydrogens is 393 g/mol. The molecule has 2 aromatic carbocycles. The molecule has 0 saturated carbocycles. The van der Waals surface area contributed by atoms with Crippen LogP contribution in [0.15, 0.2) is 42.5 Å². The van der Waals surface area contributed by atoms with Crippen LogP contribution in [0.1, 0.15) is 33.2 Å². The van der Waals surface area contributed by atoms with Gasteiger partial charge in [-0.05, 0) is 66.8 Å². The highest BCUT2D eigenvalue weighted by Gasteiger charge is 2.12. The number of rotatable bonds is 4. The number of halogens is 1. The van der Waals surface area contributed by atoms with Gasteiger partial charge in [-0.15, -0.1) is 0 Å². The van der Waals surface area contributed by atoms with Crippen LogP contribution in [0.2, 0.25) is 0 Å². The summed E-state index contributed by atoms with van der Waals surface area (Å²) in [6, 6.07) is 12.3. The Bertz CT molecular complexity index is 713. The van der Waals surface area contributed by atoms with Gasteiger partial charge in [-0.3, -0.25) is 4.79 Å². The quantitative estimate of drug-likeness (QED) is 0.613. The first kappa shape index (κ1) is 16.5. The summed E-state index contributed by atoms with van der Waals surface area (Å²) in [5, 5.41) is 2.80. The summed E-state index contributed by atoms with van der Waals surface area (Å²) in [6.45, 7) is 4.05. The van der Waals surface area contributed by atoms with Crippen molar-refractivity contribution in [2.24, 2.45) is 0 Å². The van der Waals surface area contributed by atoms with Crippen LogP contribution in [0.3, 0.4) is 0 Å². The minimum absolute atomic E-state index is 0.203. The van der Waals surface area contributed by atoms with E-state index in [-0.39, 0.29) is 5.91 Å². The van der Waals surface area contributed by atoms with Crippen LogP contribution in [-0.4, -0.2) is 18.5 Å². The fourth-order valence-electron chi connectivity index (χ4n) is 1.94. The van der Waals surface area contributed by atoms with Crippen molar-refractivity contribution in [3.8, 4) is 0 Å². The molecule has 0 unspecified atom stereocenters. The Morgan fingerprint density at radius 2 is 1.95 bits per heavy atom. The number of amides is 1. The average Bonchev–Trinajstić information content (AvgIpc) is 2.47. The highest BCUT2D eigenvalue weighted by atomic mass is 127. The third-order valence-electron chi connectivity index (χ3n) is 3.00. The zero-order chi connectivity index (χ0) is 16.1. The minimum atomic E-state index is -0.400. The topological polar surface area (TPSA) is 55.4 Å². The van der Waals surface area contributed by atoms with Crippen LogP contribution < -0.4 is 5.32 Å². The number of carbonyl (C=O) groups is 2. The van der Waals surface area contributed by atoms with Gasteiger partial charge < -0.3 is 10.1 Å². The second kappa shape index (κ2) is 7.40. The fraction of sp³-hybridized carbons (Fsp3) is 0.176. The van der Waals surface area contributed by atoms with Crippen molar-refractivity contribution in [2.75, 3.05) is 11.9 Å². The van der Waals surface area contributed by atoms with Gasteiger partial charge in [-0.2, -0.15) is 0 Å². The van der Waals surface area contributed by atoms with Crippen LogP contribution >= 0.6 is 22.6 Å². The zero-order valence-electron chi connectivity index (χ0n) is 12.4. The van der Waals surface area contributed by atoms with Gasteiger partial charge in [-0.25, -0.2) is 4.79 Å². The Balaban J connectivity index is 2.18. The Kier molecular flexibility index (Phi) is 5.54. The van der Waals surface area contributed by atoms with Gasteiger partial charge >= 0.3 is 5.97 Å². The van der Waals surface area contributed by atoms with E-state index in [0.29, 0.717) is 23.4 Å². The average molecular weight is 409 g/mol. The standard InChI is InChI=1S/C17H16INO3/c1-3-22-17(21)12-5-4-6-13(10-12)19-16(20)14-8-7-11(2)9-15(14)18/h4-10H,3H2,1-2H3,(H,19,20). The molecular formula is C17H16INO3. The van der Waals surface area contributed by atoms with E-state index in [9.17, 15) is 9.59 Å². The van der Waals surface area contributed by atoms with Crippen LogP contribution in [-0.2, 0) is 4.74 Å². The van der Waals surface area contributed by atoms with E-state index in [0.717, 1.165) is 9.13 Å². The van der Waals surface area contributed by atoms with Crippen molar-refractivity contribution < 1.29 is 14.3 Å². The van der Waals surface area contributed by atoms with E-state index in [1.807, 2.05) is 19.1 Å². The molecule has 1 amide bonds. The van der Waals surface area contributed by atoms with Crippen molar-refractivity contribution in [1.82, 2.24) is 0 Å². The Morgan fingerprint density at radius 1 is 1.18 bits per heavy atom. The summed E-state index contributed by atoms with van der Waals surface area (Å²) in [4.78, 5) is 24.0. The lowest BCUT2D eigenvalue weighted by Crippen LogP contribution is -2.14. The van der Waals surface area contributed by atoms with Crippen LogP contribution in [0.5, 0.6) is 0 Å². The predicted octanol–water partition coefficient (Wildman–Crippen LogP) is 4.03. The van der Waals surface area contributed by atoms with Crippen molar-refractivity contribution in [3.63, 3.8) is 0 Å². The molecule has 0 spiro atoms. The van der Waals surface area contributed by atoms with Gasteiger partial charge in [0.2, 0.25) is 0 Å². The SMILES string of the molecule is CCOC(=O)c1cccc(NC(=O)c2ccc(C)cc2I)c1. The maximum atomic E-state index is 12.3. The van der Waals surface area contributed by atoms with Gasteiger partial charge in [-0.1, -0.05) is 17.7 Å². The number of aryl methyl sites for hydroxylation is 1. The maximum absolute atomic E-state index is 12.3. The number of ether oxygens (including phenoxy) is 1. The molecule has 0 aliphatic rings. The van der Waals surface area contributed by atoms with E-state index >= 15 is 0 Å². The summed E-state index contributed by atoms with van der Waals surface area (Å²) in [7, 11) is 0. The molecule has 1 N–H and O–H groups in total. The Labute approximate surface area is 143 Å². The van der Waals surface area contributed by atoms with Crippen molar-refractivity contribution in [3.05, 3.63) is 62.7 Å². The molecule has 0 aromatic heterocycles. The molecule has 0 bridgehead atoms. The molecule has 114 valence electrons. The summed E-state index contributed by atoms with van der Waals surface area (Å²) in [5.74, 6) is -0.603. The number of hydrogen-bond acceptors (Lipinski definition) is 3. The number of hydrogen-bond donors (Lipinski definition) is 1. The van der Waals surface area contributed by atoms with E-state index in [1.54, 1.807) is 37.3 Å². The van der Waals surface area contributed by atoms with Crippen molar-refractivity contribution >= 4 is 40.2 Å². The normalized spacial score (nSPS) is 10.1. The van der Waals surface area contributed by atoms with Crippen molar-refractivity contribution in [1.29, 1.82) is 0 Å². The second-order valence-corrected chi connectivity index (χ2v) is 5.90. The largest absolute Gasteiger partial charge is 0.462 e. The summed E-state index contributed by atoms with van der Waals surface area (Å²) in [6.07, 6.45) is 0.